The lowest BCUT2D eigenvalue weighted by molar-refractivity contribution is 0.0383. The van der Waals surface area contributed by atoms with Crippen LogP contribution < -0.4 is 10.5 Å². The van der Waals surface area contributed by atoms with Gasteiger partial charge in [-0.3, -0.25) is 0 Å². The minimum atomic E-state index is -0.721. The van der Waals surface area contributed by atoms with Crippen LogP contribution in [0.15, 0.2) is 18.2 Å². The van der Waals surface area contributed by atoms with E-state index in [0.717, 1.165) is 12.1 Å². The molecule has 1 rings (SSSR count). The van der Waals surface area contributed by atoms with E-state index < -0.39 is 11.6 Å². The molecule has 6 heteroatoms. The maximum atomic E-state index is 13.1. The molecule has 0 atom stereocenters. The Hall–Kier alpha value is -1.24. The molecule has 0 saturated heterocycles. The van der Waals surface area contributed by atoms with Gasteiger partial charge in [-0.2, -0.15) is 0 Å². The first kappa shape index (κ1) is 14.8. The van der Waals surface area contributed by atoms with E-state index in [2.05, 4.69) is 0 Å². The van der Waals surface area contributed by atoms with E-state index in [-0.39, 0.29) is 12.4 Å². The number of rotatable bonds is 9. The lowest BCUT2D eigenvalue weighted by Gasteiger charge is -2.08. The molecule has 0 aliphatic rings. The second kappa shape index (κ2) is 8.79. The van der Waals surface area contributed by atoms with Gasteiger partial charge in [0.05, 0.1) is 26.4 Å². The molecular formula is C12H17F2NO3. The van der Waals surface area contributed by atoms with Gasteiger partial charge in [0.15, 0.2) is 11.6 Å². The molecule has 102 valence electrons. The molecule has 0 fully saturated rings. The Morgan fingerprint density at radius 1 is 0.944 bits per heavy atom. The number of hydrogen-bond donors (Lipinski definition) is 1. The highest BCUT2D eigenvalue weighted by Crippen LogP contribution is 2.17. The summed E-state index contributed by atoms with van der Waals surface area (Å²) in [5.74, 6) is -1.34. The predicted molar refractivity (Wildman–Crippen MR) is 62.5 cm³/mol. The Morgan fingerprint density at radius 2 is 1.61 bits per heavy atom. The fourth-order valence-electron chi connectivity index (χ4n) is 1.21. The normalized spacial score (nSPS) is 10.6. The van der Waals surface area contributed by atoms with Gasteiger partial charge in [-0.15, -0.1) is 0 Å². The maximum absolute atomic E-state index is 13.1. The van der Waals surface area contributed by atoms with Crippen molar-refractivity contribution in [3.63, 3.8) is 0 Å². The quantitative estimate of drug-likeness (QED) is 0.681. The van der Waals surface area contributed by atoms with Crippen molar-refractivity contribution in [1.82, 2.24) is 0 Å². The van der Waals surface area contributed by atoms with Crippen molar-refractivity contribution in [2.45, 2.75) is 0 Å². The molecule has 0 bridgehead atoms. The second-order valence-electron chi connectivity index (χ2n) is 3.44. The van der Waals surface area contributed by atoms with Gasteiger partial charge in [-0.1, -0.05) is 0 Å². The van der Waals surface area contributed by atoms with Crippen molar-refractivity contribution in [1.29, 1.82) is 0 Å². The standard InChI is InChI=1S/C12H17F2NO3/c13-10-1-2-12(11(14)9-10)18-8-7-17-6-5-16-4-3-15/h1-2,9H,3-8,15H2. The largest absolute Gasteiger partial charge is 0.488 e. The Kier molecular flexibility index (Phi) is 7.24. The van der Waals surface area contributed by atoms with Crippen LogP contribution in [-0.4, -0.2) is 39.6 Å². The third-order valence-corrected chi connectivity index (χ3v) is 2.01. The lowest BCUT2D eigenvalue weighted by atomic mass is 10.3. The van der Waals surface area contributed by atoms with Gasteiger partial charge in [0.25, 0.3) is 0 Å². The summed E-state index contributed by atoms with van der Waals surface area (Å²) in [4.78, 5) is 0. The monoisotopic (exact) mass is 261 g/mol. The van der Waals surface area contributed by atoms with Gasteiger partial charge in [0.1, 0.15) is 12.4 Å². The zero-order valence-electron chi connectivity index (χ0n) is 10.0. The van der Waals surface area contributed by atoms with E-state index in [9.17, 15) is 8.78 Å². The third-order valence-electron chi connectivity index (χ3n) is 2.01. The number of nitrogens with two attached hydrogens (primary N) is 1. The maximum Gasteiger partial charge on any atom is 0.167 e. The zero-order valence-corrected chi connectivity index (χ0v) is 10.0. The molecule has 0 heterocycles. The van der Waals surface area contributed by atoms with Crippen LogP contribution in [-0.2, 0) is 9.47 Å². The predicted octanol–water partition coefficient (Wildman–Crippen LogP) is 1.34. The molecule has 0 aliphatic heterocycles. The topological polar surface area (TPSA) is 53.7 Å². The van der Waals surface area contributed by atoms with Crippen LogP contribution in [0.4, 0.5) is 8.78 Å². The molecule has 2 N–H and O–H groups in total. The van der Waals surface area contributed by atoms with Gasteiger partial charge in [-0.25, -0.2) is 8.78 Å². The minimum absolute atomic E-state index is 0.0133. The highest BCUT2D eigenvalue weighted by atomic mass is 19.1. The zero-order chi connectivity index (χ0) is 13.2. The molecule has 0 spiro atoms. The van der Waals surface area contributed by atoms with Crippen LogP contribution in [0.2, 0.25) is 0 Å². The second-order valence-corrected chi connectivity index (χ2v) is 3.44. The van der Waals surface area contributed by atoms with Crippen molar-refractivity contribution in [3.8, 4) is 5.75 Å². The fourth-order valence-corrected chi connectivity index (χ4v) is 1.21. The number of halogens is 2. The van der Waals surface area contributed by atoms with Crippen LogP contribution in [0.5, 0.6) is 5.75 Å². The summed E-state index contributed by atoms with van der Waals surface area (Å²) in [6.07, 6.45) is 0. The van der Waals surface area contributed by atoms with E-state index in [0.29, 0.717) is 33.0 Å². The molecule has 18 heavy (non-hydrogen) atoms. The summed E-state index contributed by atoms with van der Waals surface area (Å²) in [7, 11) is 0. The smallest absolute Gasteiger partial charge is 0.167 e. The third kappa shape index (κ3) is 5.90. The average Bonchev–Trinajstić information content (AvgIpc) is 2.35. The highest BCUT2D eigenvalue weighted by molar-refractivity contribution is 5.24. The Bertz CT molecular complexity index is 350. The molecule has 4 nitrogen and oxygen atoms in total. The van der Waals surface area contributed by atoms with Gasteiger partial charge in [0.2, 0.25) is 0 Å². The Balaban J connectivity index is 2.07. The first-order valence-electron chi connectivity index (χ1n) is 5.67. The lowest BCUT2D eigenvalue weighted by Crippen LogP contribution is -2.14. The number of benzene rings is 1. The molecule has 0 aliphatic carbocycles. The molecule has 0 aromatic heterocycles. The van der Waals surface area contributed by atoms with E-state index in [4.69, 9.17) is 19.9 Å². The summed E-state index contributed by atoms with van der Waals surface area (Å²) in [6, 6.07) is 3.16. The molecule has 0 saturated carbocycles. The van der Waals surface area contributed by atoms with Gasteiger partial charge in [-0.05, 0) is 12.1 Å². The van der Waals surface area contributed by atoms with Gasteiger partial charge < -0.3 is 19.9 Å². The van der Waals surface area contributed by atoms with Crippen molar-refractivity contribution in [2.75, 3.05) is 39.6 Å². The van der Waals surface area contributed by atoms with Gasteiger partial charge >= 0.3 is 0 Å². The fraction of sp³-hybridized carbons (Fsp3) is 0.500. The van der Waals surface area contributed by atoms with E-state index in [1.165, 1.54) is 6.07 Å². The van der Waals surface area contributed by atoms with E-state index in [1.807, 2.05) is 0 Å². The van der Waals surface area contributed by atoms with Crippen molar-refractivity contribution in [3.05, 3.63) is 29.8 Å². The summed E-state index contributed by atoms with van der Waals surface area (Å²) in [6.45, 7) is 2.37. The molecule has 0 amide bonds. The van der Waals surface area contributed by atoms with Crippen LogP contribution in [0.1, 0.15) is 0 Å². The summed E-state index contributed by atoms with van der Waals surface area (Å²) < 4.78 is 41.1. The van der Waals surface area contributed by atoms with Crippen LogP contribution >= 0.6 is 0 Å². The van der Waals surface area contributed by atoms with Crippen LogP contribution in [0, 0.1) is 11.6 Å². The molecule has 1 aromatic rings. The van der Waals surface area contributed by atoms with Crippen LogP contribution in [0.3, 0.4) is 0 Å². The SMILES string of the molecule is NCCOCCOCCOc1ccc(F)cc1F. The summed E-state index contributed by atoms with van der Waals surface area (Å²) >= 11 is 0. The molecule has 0 radical (unpaired) electrons. The van der Waals surface area contributed by atoms with Crippen molar-refractivity contribution >= 4 is 0 Å². The first-order valence-corrected chi connectivity index (χ1v) is 5.67. The van der Waals surface area contributed by atoms with E-state index in [1.54, 1.807) is 0 Å². The van der Waals surface area contributed by atoms with Crippen molar-refractivity contribution < 1.29 is 23.0 Å². The van der Waals surface area contributed by atoms with E-state index >= 15 is 0 Å². The summed E-state index contributed by atoms with van der Waals surface area (Å²) in [5.41, 5.74) is 5.23. The average molecular weight is 261 g/mol. The number of hydrogen-bond acceptors (Lipinski definition) is 4. The minimum Gasteiger partial charge on any atom is -0.488 e. The number of ether oxygens (including phenoxy) is 3. The highest BCUT2D eigenvalue weighted by Gasteiger charge is 2.04. The molecule has 1 aromatic carbocycles. The van der Waals surface area contributed by atoms with Crippen molar-refractivity contribution in [2.24, 2.45) is 5.73 Å². The van der Waals surface area contributed by atoms with Crippen LogP contribution in [0.25, 0.3) is 0 Å². The first-order chi connectivity index (χ1) is 8.74. The molecular weight excluding hydrogens is 244 g/mol. The molecule has 0 unspecified atom stereocenters. The Morgan fingerprint density at radius 3 is 2.28 bits per heavy atom. The van der Waals surface area contributed by atoms with Gasteiger partial charge in [0, 0.05) is 12.6 Å². The Labute approximate surface area is 105 Å². The summed E-state index contributed by atoms with van der Waals surface area (Å²) in [5, 5.41) is 0.